The maximum Gasteiger partial charge on any atom is 0.262 e. The Hall–Kier alpha value is -2.78. The van der Waals surface area contributed by atoms with Gasteiger partial charge in [-0.25, -0.2) is 0 Å². The van der Waals surface area contributed by atoms with Gasteiger partial charge in [0.2, 0.25) is 0 Å². The predicted octanol–water partition coefficient (Wildman–Crippen LogP) is 6.84. The van der Waals surface area contributed by atoms with Crippen LogP contribution in [0.2, 0.25) is 10.0 Å². The zero-order chi connectivity index (χ0) is 21.5. The van der Waals surface area contributed by atoms with Gasteiger partial charge in [0.25, 0.3) is 5.91 Å². The number of amides is 1. The molecule has 0 unspecified atom stereocenters. The second-order valence-corrected chi connectivity index (χ2v) is 7.94. The highest BCUT2D eigenvalue weighted by Crippen LogP contribution is 2.25. The fourth-order valence-corrected chi connectivity index (χ4v) is 3.12. The zero-order valence-corrected chi connectivity index (χ0v) is 18.6. The van der Waals surface area contributed by atoms with Crippen molar-refractivity contribution in [2.75, 3.05) is 11.9 Å². The van der Waals surface area contributed by atoms with Crippen molar-refractivity contribution in [1.29, 1.82) is 5.26 Å². The second kappa shape index (κ2) is 10.3. The van der Waals surface area contributed by atoms with Gasteiger partial charge in [-0.15, -0.1) is 0 Å². The molecule has 3 rings (SSSR count). The molecule has 0 aliphatic carbocycles. The monoisotopic (exact) mass is 500 g/mol. The quantitative estimate of drug-likeness (QED) is 0.297. The lowest BCUT2D eigenvalue weighted by molar-refractivity contribution is -0.118. The van der Waals surface area contributed by atoms with E-state index in [0.717, 1.165) is 15.6 Å². The van der Waals surface area contributed by atoms with E-state index in [4.69, 9.17) is 27.9 Å². The van der Waals surface area contributed by atoms with Gasteiger partial charge in [0.05, 0.1) is 21.7 Å². The molecular weight excluding hydrogens is 487 g/mol. The van der Waals surface area contributed by atoms with Crippen molar-refractivity contribution in [3.05, 3.63) is 92.4 Å². The highest BCUT2D eigenvalue weighted by atomic mass is 79.9. The smallest absolute Gasteiger partial charge is 0.262 e. The van der Waals surface area contributed by atoms with Gasteiger partial charge in [0.15, 0.2) is 6.61 Å². The van der Waals surface area contributed by atoms with Crippen LogP contribution in [0.4, 0.5) is 5.69 Å². The van der Waals surface area contributed by atoms with Crippen LogP contribution in [0.15, 0.2) is 71.2 Å². The van der Waals surface area contributed by atoms with Crippen molar-refractivity contribution in [2.24, 2.45) is 0 Å². The molecule has 4 nitrogen and oxygen atoms in total. The number of benzene rings is 3. The van der Waals surface area contributed by atoms with E-state index in [0.29, 0.717) is 27.1 Å². The van der Waals surface area contributed by atoms with Crippen LogP contribution in [0.25, 0.3) is 11.6 Å². The van der Waals surface area contributed by atoms with Crippen molar-refractivity contribution >= 4 is 62.4 Å². The number of halogens is 3. The van der Waals surface area contributed by atoms with E-state index in [2.05, 4.69) is 27.3 Å². The van der Waals surface area contributed by atoms with E-state index in [1.807, 2.05) is 36.4 Å². The van der Waals surface area contributed by atoms with Crippen LogP contribution >= 0.6 is 39.1 Å². The number of nitriles is 1. The lowest BCUT2D eigenvalue weighted by atomic mass is 10.0. The van der Waals surface area contributed by atoms with Crippen LogP contribution in [-0.2, 0) is 4.79 Å². The molecule has 0 aromatic heterocycles. The molecule has 150 valence electrons. The Morgan fingerprint density at radius 1 is 1.03 bits per heavy atom. The first kappa shape index (κ1) is 21.9. The Labute approximate surface area is 192 Å². The maximum absolute atomic E-state index is 12.1. The topological polar surface area (TPSA) is 62.1 Å². The first-order chi connectivity index (χ1) is 14.4. The molecule has 0 bridgehead atoms. The summed E-state index contributed by atoms with van der Waals surface area (Å²) in [5.41, 5.74) is 2.77. The number of hydrogen-bond acceptors (Lipinski definition) is 3. The third kappa shape index (κ3) is 6.11. The Kier molecular flexibility index (Phi) is 7.53. The summed E-state index contributed by atoms with van der Waals surface area (Å²) in [5.74, 6) is 0.220. The largest absolute Gasteiger partial charge is 0.484 e. The summed E-state index contributed by atoms with van der Waals surface area (Å²) >= 11 is 15.2. The molecule has 0 radical (unpaired) electrons. The van der Waals surface area contributed by atoms with Crippen LogP contribution in [0.3, 0.4) is 0 Å². The molecule has 0 saturated heterocycles. The van der Waals surface area contributed by atoms with Crippen molar-refractivity contribution < 1.29 is 9.53 Å². The van der Waals surface area contributed by atoms with Crippen LogP contribution in [0.5, 0.6) is 5.75 Å². The number of carbonyl (C=O) groups is 1. The van der Waals surface area contributed by atoms with Gasteiger partial charge in [-0.1, -0.05) is 63.4 Å². The molecule has 3 aromatic carbocycles. The van der Waals surface area contributed by atoms with Crippen molar-refractivity contribution in [3.63, 3.8) is 0 Å². The fraction of sp³-hybridized carbons (Fsp3) is 0.0435. The SMILES string of the molecule is N#C/C(=C\c1ccc(OCC(=O)Nc2ccc(Cl)c(Cl)c2)cc1)c1ccc(Br)cc1. The van der Waals surface area contributed by atoms with E-state index in [9.17, 15) is 10.1 Å². The average Bonchev–Trinajstić information content (AvgIpc) is 2.75. The molecule has 0 heterocycles. The predicted molar refractivity (Wildman–Crippen MR) is 125 cm³/mol. The molecule has 0 atom stereocenters. The molecule has 7 heteroatoms. The fourth-order valence-electron chi connectivity index (χ4n) is 2.56. The average molecular weight is 502 g/mol. The van der Waals surface area contributed by atoms with Gasteiger partial charge in [0.1, 0.15) is 5.75 Å². The highest BCUT2D eigenvalue weighted by molar-refractivity contribution is 9.10. The molecule has 0 aliphatic heterocycles. The molecule has 3 aromatic rings. The Balaban J connectivity index is 1.60. The third-order valence-corrected chi connectivity index (χ3v) is 5.31. The first-order valence-corrected chi connectivity index (χ1v) is 10.3. The Morgan fingerprint density at radius 3 is 2.37 bits per heavy atom. The summed E-state index contributed by atoms with van der Waals surface area (Å²) in [5, 5.41) is 12.9. The van der Waals surface area contributed by atoms with Gasteiger partial charge in [0, 0.05) is 10.2 Å². The molecule has 1 N–H and O–H groups in total. The summed E-state index contributed by atoms with van der Waals surface area (Å²) in [6, 6.07) is 21.7. The maximum atomic E-state index is 12.1. The van der Waals surface area contributed by atoms with Crippen molar-refractivity contribution in [2.45, 2.75) is 0 Å². The van der Waals surface area contributed by atoms with Gasteiger partial charge in [-0.2, -0.15) is 5.26 Å². The molecule has 1 amide bonds. The summed E-state index contributed by atoms with van der Waals surface area (Å²) in [4.78, 5) is 12.1. The number of carbonyl (C=O) groups excluding carboxylic acids is 1. The first-order valence-electron chi connectivity index (χ1n) is 8.80. The minimum absolute atomic E-state index is 0.155. The van der Waals surface area contributed by atoms with E-state index >= 15 is 0 Å². The standard InChI is InChI=1S/C23H15BrCl2N2O2/c24-18-5-3-16(4-6-18)17(13-27)11-15-1-8-20(9-2-15)30-14-23(29)28-19-7-10-21(25)22(26)12-19/h1-12H,14H2,(H,28,29)/b17-11+. The number of allylic oxidation sites excluding steroid dienone is 1. The summed E-state index contributed by atoms with van der Waals surface area (Å²) in [6.07, 6.45) is 1.80. The van der Waals surface area contributed by atoms with Crippen LogP contribution in [0.1, 0.15) is 11.1 Å². The molecular formula is C23H15BrCl2N2O2. The zero-order valence-electron chi connectivity index (χ0n) is 15.5. The third-order valence-electron chi connectivity index (χ3n) is 4.04. The van der Waals surface area contributed by atoms with Crippen LogP contribution in [-0.4, -0.2) is 12.5 Å². The summed E-state index contributed by atoms with van der Waals surface area (Å²) in [6.45, 7) is -0.155. The molecule has 30 heavy (non-hydrogen) atoms. The van der Waals surface area contributed by atoms with E-state index in [1.54, 1.807) is 36.4 Å². The molecule has 0 spiro atoms. The van der Waals surface area contributed by atoms with E-state index < -0.39 is 0 Å². The number of anilines is 1. The lowest BCUT2D eigenvalue weighted by Crippen LogP contribution is -2.20. The van der Waals surface area contributed by atoms with Gasteiger partial charge >= 0.3 is 0 Å². The van der Waals surface area contributed by atoms with Crippen molar-refractivity contribution in [1.82, 2.24) is 0 Å². The second-order valence-electron chi connectivity index (χ2n) is 6.21. The molecule has 0 fully saturated rings. The van der Waals surface area contributed by atoms with Crippen LogP contribution in [0, 0.1) is 11.3 Å². The van der Waals surface area contributed by atoms with Gasteiger partial charge in [-0.3, -0.25) is 4.79 Å². The van der Waals surface area contributed by atoms with Crippen LogP contribution < -0.4 is 10.1 Å². The van der Waals surface area contributed by atoms with E-state index in [1.165, 1.54) is 0 Å². The normalized spacial score (nSPS) is 10.9. The van der Waals surface area contributed by atoms with Gasteiger partial charge < -0.3 is 10.1 Å². The Bertz CT molecular complexity index is 1120. The van der Waals surface area contributed by atoms with E-state index in [-0.39, 0.29) is 12.5 Å². The summed E-state index contributed by atoms with van der Waals surface area (Å²) in [7, 11) is 0. The van der Waals surface area contributed by atoms with Crippen molar-refractivity contribution in [3.8, 4) is 11.8 Å². The minimum Gasteiger partial charge on any atom is -0.484 e. The number of nitrogens with one attached hydrogen (secondary N) is 1. The number of rotatable bonds is 6. The lowest BCUT2D eigenvalue weighted by Gasteiger charge is -2.08. The molecule has 0 saturated carbocycles. The number of ether oxygens (including phenoxy) is 1. The summed E-state index contributed by atoms with van der Waals surface area (Å²) < 4.78 is 6.47. The minimum atomic E-state index is -0.320. The number of hydrogen-bond donors (Lipinski definition) is 1. The van der Waals surface area contributed by atoms with Gasteiger partial charge in [-0.05, 0) is 59.7 Å². The molecule has 0 aliphatic rings. The Morgan fingerprint density at radius 2 is 1.73 bits per heavy atom. The highest BCUT2D eigenvalue weighted by Gasteiger charge is 2.06. The number of nitrogens with zero attached hydrogens (tertiary/aromatic N) is 1.